The Morgan fingerprint density at radius 1 is 1.09 bits per heavy atom. The Kier molecular flexibility index (Phi) is 7.45. The van der Waals surface area contributed by atoms with Gasteiger partial charge in [-0.15, -0.1) is 0 Å². The normalized spacial score (nSPS) is 15.6. The number of benzene rings is 1. The molecule has 1 atom stereocenters. The maximum Gasteiger partial charge on any atom is 0.357 e. The number of fused-ring (bicyclic) bond motifs is 1. The number of pyridine rings is 1. The molecule has 1 aromatic carbocycles. The van der Waals surface area contributed by atoms with Gasteiger partial charge in [-0.25, -0.2) is 9.78 Å². The summed E-state index contributed by atoms with van der Waals surface area (Å²) in [5.74, 6) is 0.0234. The monoisotopic (exact) mass is 451 g/mol. The van der Waals surface area contributed by atoms with Crippen LogP contribution in [-0.4, -0.2) is 47.0 Å². The van der Waals surface area contributed by atoms with E-state index in [2.05, 4.69) is 15.3 Å². The molecule has 0 amide bonds. The molecular weight excluding hydrogens is 426 g/mol. The quantitative estimate of drug-likeness (QED) is 0.279. The van der Waals surface area contributed by atoms with Gasteiger partial charge in [-0.1, -0.05) is 28.0 Å². The van der Waals surface area contributed by atoms with Crippen LogP contribution in [0.3, 0.4) is 0 Å². The topological polar surface area (TPSA) is 123 Å². The molecule has 1 aliphatic carbocycles. The number of nitrogens with zero attached hydrogens (tertiary/aromatic N) is 3. The second-order valence-electron chi connectivity index (χ2n) is 7.38. The van der Waals surface area contributed by atoms with Crippen LogP contribution in [0.1, 0.15) is 53.6 Å². The van der Waals surface area contributed by atoms with Crippen LogP contribution in [-0.2, 0) is 4.74 Å². The number of oxime groups is 2. The first-order valence-electron chi connectivity index (χ1n) is 10.1. The Balaban J connectivity index is 2.21. The molecule has 33 heavy (non-hydrogen) atoms. The summed E-state index contributed by atoms with van der Waals surface area (Å²) in [6.07, 6.45) is 5.99. The maximum atomic E-state index is 12.8. The molecule has 1 heterocycles. The van der Waals surface area contributed by atoms with Crippen LogP contribution < -0.4 is 9.47 Å². The minimum atomic E-state index is -0.774. The molecule has 172 valence electrons. The third-order valence-corrected chi connectivity index (χ3v) is 5.03. The van der Waals surface area contributed by atoms with E-state index >= 15 is 0 Å². The summed E-state index contributed by atoms with van der Waals surface area (Å²) >= 11 is 0. The predicted molar refractivity (Wildman–Crippen MR) is 122 cm³/mol. The summed E-state index contributed by atoms with van der Waals surface area (Å²) in [5, 5.41) is 25.8. The molecular formula is C24H25N3O6. The van der Waals surface area contributed by atoms with Crippen molar-refractivity contribution in [3.8, 4) is 11.5 Å². The highest BCUT2D eigenvalue weighted by Gasteiger charge is 2.32. The van der Waals surface area contributed by atoms with E-state index in [-0.39, 0.29) is 17.1 Å². The van der Waals surface area contributed by atoms with Gasteiger partial charge in [0, 0.05) is 18.2 Å². The molecule has 9 heteroatoms. The zero-order chi connectivity index (χ0) is 24.0. The fraction of sp³-hybridized carbons (Fsp3) is 0.250. The molecule has 2 aromatic rings. The van der Waals surface area contributed by atoms with Crippen molar-refractivity contribution in [3.05, 3.63) is 76.6 Å². The molecule has 0 radical (unpaired) electrons. The highest BCUT2D eigenvalue weighted by Crippen LogP contribution is 2.42. The van der Waals surface area contributed by atoms with Crippen LogP contribution in [0.25, 0.3) is 0 Å². The van der Waals surface area contributed by atoms with Gasteiger partial charge in [0.25, 0.3) is 0 Å². The number of hydrogen-bond donors (Lipinski definition) is 2. The zero-order valence-corrected chi connectivity index (χ0v) is 18.8. The smallest absolute Gasteiger partial charge is 0.357 e. The van der Waals surface area contributed by atoms with E-state index in [1.807, 2.05) is 19.9 Å². The van der Waals surface area contributed by atoms with Gasteiger partial charge < -0.3 is 24.6 Å². The largest absolute Gasteiger partial charge is 0.496 e. The van der Waals surface area contributed by atoms with E-state index in [1.165, 1.54) is 32.6 Å². The summed E-state index contributed by atoms with van der Waals surface area (Å²) in [6, 6.07) is 6.63. The zero-order valence-electron chi connectivity index (χ0n) is 18.8. The third kappa shape index (κ3) is 4.87. The Morgan fingerprint density at radius 3 is 2.33 bits per heavy atom. The first kappa shape index (κ1) is 23.5. The van der Waals surface area contributed by atoms with E-state index in [9.17, 15) is 15.2 Å². The van der Waals surface area contributed by atoms with Gasteiger partial charge in [0.1, 0.15) is 34.7 Å². The highest BCUT2D eigenvalue weighted by molar-refractivity contribution is 6.27. The SMILES string of the molecule is COc1cc([C@@H](CC=C(C)C)OC(=O)c2ccccn2)c(OC)c2c1C(=NO)C=CC2=NO. The van der Waals surface area contributed by atoms with Crippen molar-refractivity contribution in [2.75, 3.05) is 14.2 Å². The Hall–Kier alpha value is -4.14. The number of allylic oxidation sites excluding steroid dienone is 3. The number of esters is 1. The van der Waals surface area contributed by atoms with Crippen molar-refractivity contribution in [1.82, 2.24) is 4.98 Å². The number of rotatable bonds is 7. The van der Waals surface area contributed by atoms with Crippen LogP contribution in [0.2, 0.25) is 0 Å². The van der Waals surface area contributed by atoms with Gasteiger partial charge in [-0.3, -0.25) is 0 Å². The predicted octanol–water partition coefficient (Wildman–Crippen LogP) is 4.28. The second-order valence-corrected chi connectivity index (χ2v) is 7.38. The van der Waals surface area contributed by atoms with Crippen LogP contribution in [0, 0.1) is 0 Å². The molecule has 3 rings (SSSR count). The van der Waals surface area contributed by atoms with Crippen LogP contribution >= 0.6 is 0 Å². The fourth-order valence-electron chi connectivity index (χ4n) is 3.52. The lowest BCUT2D eigenvalue weighted by atomic mass is 9.88. The van der Waals surface area contributed by atoms with Gasteiger partial charge in [0.15, 0.2) is 0 Å². The molecule has 0 aliphatic heterocycles. The van der Waals surface area contributed by atoms with Crippen molar-refractivity contribution in [3.63, 3.8) is 0 Å². The molecule has 0 spiro atoms. The van der Waals surface area contributed by atoms with Crippen LogP contribution in [0.4, 0.5) is 0 Å². The van der Waals surface area contributed by atoms with Crippen molar-refractivity contribution in [2.24, 2.45) is 10.3 Å². The average Bonchev–Trinajstić information content (AvgIpc) is 2.84. The number of carbonyl (C=O) groups is 1. The lowest BCUT2D eigenvalue weighted by molar-refractivity contribution is 0.0290. The molecule has 0 unspecified atom stereocenters. The third-order valence-electron chi connectivity index (χ3n) is 5.03. The van der Waals surface area contributed by atoms with Crippen molar-refractivity contribution in [2.45, 2.75) is 26.4 Å². The lowest BCUT2D eigenvalue weighted by Crippen LogP contribution is -2.20. The van der Waals surface area contributed by atoms with E-state index in [0.717, 1.165) is 5.57 Å². The van der Waals surface area contributed by atoms with E-state index < -0.39 is 12.1 Å². The summed E-state index contributed by atoms with van der Waals surface area (Å²) in [5.41, 5.74) is 2.79. The molecule has 1 aliphatic rings. The highest BCUT2D eigenvalue weighted by atomic mass is 16.5. The standard InChI is InChI=1S/C24H25N3O6/c1-14(2)8-11-19(33-24(28)18-7-5-6-12-25-18)15-13-20(31-3)21-16(26-29)9-10-17(27-30)22(21)23(15)32-4/h5-10,12-13,19,29-30H,11H2,1-4H3/t19-/m1/s1. The first-order chi connectivity index (χ1) is 15.9. The number of carbonyl (C=O) groups excluding carboxylic acids is 1. The summed E-state index contributed by atoms with van der Waals surface area (Å²) < 4.78 is 17.1. The van der Waals surface area contributed by atoms with Gasteiger partial charge >= 0.3 is 5.97 Å². The lowest BCUT2D eigenvalue weighted by Gasteiger charge is -2.25. The average molecular weight is 451 g/mol. The minimum absolute atomic E-state index is 0.166. The van der Waals surface area contributed by atoms with Crippen molar-refractivity contribution < 1.29 is 29.4 Å². The van der Waals surface area contributed by atoms with Gasteiger partial charge in [0.2, 0.25) is 0 Å². The minimum Gasteiger partial charge on any atom is -0.496 e. The number of aromatic nitrogens is 1. The molecule has 9 nitrogen and oxygen atoms in total. The fourth-order valence-corrected chi connectivity index (χ4v) is 3.52. The van der Waals surface area contributed by atoms with Gasteiger partial charge in [0.05, 0.1) is 25.3 Å². The van der Waals surface area contributed by atoms with E-state index in [1.54, 1.807) is 24.3 Å². The molecule has 0 saturated heterocycles. The molecule has 0 saturated carbocycles. The summed E-state index contributed by atoms with van der Waals surface area (Å²) in [7, 11) is 2.91. The number of methoxy groups -OCH3 is 2. The Morgan fingerprint density at radius 2 is 1.79 bits per heavy atom. The summed E-state index contributed by atoms with van der Waals surface area (Å²) in [4.78, 5) is 16.9. The van der Waals surface area contributed by atoms with Crippen LogP contribution in [0.5, 0.6) is 11.5 Å². The Bertz CT molecular complexity index is 1150. The molecule has 0 fully saturated rings. The van der Waals surface area contributed by atoms with Crippen LogP contribution in [0.15, 0.2) is 64.6 Å². The van der Waals surface area contributed by atoms with E-state index in [4.69, 9.17) is 14.2 Å². The molecule has 2 N–H and O–H groups in total. The molecule has 0 bridgehead atoms. The second kappa shape index (κ2) is 10.4. The summed E-state index contributed by atoms with van der Waals surface area (Å²) in [6.45, 7) is 3.88. The number of hydrogen-bond acceptors (Lipinski definition) is 9. The Labute approximate surface area is 191 Å². The first-order valence-corrected chi connectivity index (χ1v) is 10.1. The maximum absolute atomic E-state index is 12.8. The number of ether oxygens (including phenoxy) is 3. The van der Waals surface area contributed by atoms with Crippen molar-refractivity contribution >= 4 is 17.4 Å². The van der Waals surface area contributed by atoms with E-state index in [0.29, 0.717) is 34.6 Å². The molecule has 1 aromatic heterocycles. The van der Waals surface area contributed by atoms with Crippen molar-refractivity contribution in [1.29, 1.82) is 0 Å². The van der Waals surface area contributed by atoms with Gasteiger partial charge in [-0.05, 0) is 44.2 Å². The van der Waals surface area contributed by atoms with Gasteiger partial charge in [-0.2, -0.15) is 0 Å².